The number of hydrogen-bond donors (Lipinski definition) is 3. The number of imide groups is 1. The van der Waals surface area contributed by atoms with E-state index in [0.717, 1.165) is 47.6 Å². The molecule has 3 aliphatic rings. The second-order valence-electron chi connectivity index (χ2n) is 24.5. The smallest absolute Gasteiger partial charge is 0.446 e. The normalized spacial score (nSPS) is 17.8. The summed E-state index contributed by atoms with van der Waals surface area (Å²) in [5.74, 6) is -6.23. The standard InChI is InChI=1S/C65H91N9O15S2/c1-9-43(4)49(39-56(77)52-21-14-16-30-69(52)6)63(82)70(7)53(42(2)3)40-57(88-44(5)75)62-68-51(41-90-62)64(83)71(8)54(37-46-23-25-48(26-24-46)89-91(85,86)87)55(76)38-47(20-13-15-29-66)61(81)67-50(36-45-18-11-10-12-19-45)65(84)73-34-32-72(33-35-73)58(78)22-17-31-74-59(79)27-28-60(74)80/h10-12,18-19,23-28,41-43,47,49-50,52-54,57H,9,13-17,20-22,29-40,66H2,1-8H3,(H,67,81)(H,85,86,87)/t43-,47-,49?,50-,52?,53+,54-,57+/m0/s1. The Balaban J connectivity index is 1.23. The number of amides is 7. The van der Waals surface area contributed by atoms with Gasteiger partial charge in [0.2, 0.25) is 23.6 Å². The number of piperazine rings is 1. The zero-order valence-electron chi connectivity index (χ0n) is 53.7. The Labute approximate surface area is 538 Å². The summed E-state index contributed by atoms with van der Waals surface area (Å²) < 4.78 is 43.0. The summed E-state index contributed by atoms with van der Waals surface area (Å²) in [6, 6.07) is 11.3. The molecule has 4 heterocycles. The monoisotopic (exact) mass is 1300 g/mol. The Kier molecular flexibility index (Phi) is 27.5. The van der Waals surface area contributed by atoms with Crippen LogP contribution in [0, 0.1) is 23.7 Å². The molecule has 3 aliphatic heterocycles. The number of nitrogens with zero attached hydrogens (tertiary/aromatic N) is 7. The van der Waals surface area contributed by atoms with Crippen molar-refractivity contribution in [1.29, 1.82) is 0 Å². The first-order chi connectivity index (χ1) is 43.2. The maximum absolute atomic E-state index is 15.1. The van der Waals surface area contributed by atoms with Crippen molar-refractivity contribution in [2.24, 2.45) is 29.4 Å². The highest BCUT2D eigenvalue weighted by Crippen LogP contribution is 2.34. The number of hydrogen-bond acceptors (Lipinski definition) is 18. The van der Waals surface area contributed by atoms with Crippen LogP contribution in [0.25, 0.3) is 0 Å². The molecule has 2 fully saturated rings. The third-order valence-corrected chi connectivity index (χ3v) is 19.0. The molecule has 0 saturated carbocycles. The number of unbranched alkanes of at least 4 members (excludes halogenated alkanes) is 1. The molecule has 0 radical (unpaired) electrons. The largest absolute Gasteiger partial charge is 0.455 e. The number of carbonyl (C=O) groups excluding carboxylic acids is 10. The minimum Gasteiger partial charge on any atom is -0.455 e. The zero-order valence-corrected chi connectivity index (χ0v) is 55.3. The number of Topliss-reactive ketones (excluding diaryl/α,β-unsaturated/α-hetero) is 2. The lowest BCUT2D eigenvalue weighted by molar-refractivity contribution is -0.149. The van der Waals surface area contributed by atoms with Crippen LogP contribution in [0.3, 0.4) is 0 Å². The highest BCUT2D eigenvalue weighted by atomic mass is 32.3. The lowest BCUT2D eigenvalue weighted by atomic mass is 9.83. The number of ketones is 2. The van der Waals surface area contributed by atoms with Crippen molar-refractivity contribution in [1.82, 2.24) is 39.7 Å². The van der Waals surface area contributed by atoms with E-state index in [1.54, 1.807) is 33.9 Å². The fourth-order valence-corrected chi connectivity index (χ4v) is 13.3. The predicted molar refractivity (Wildman–Crippen MR) is 340 cm³/mol. The molecular weight excluding hydrogens is 1210 g/mol. The Morgan fingerprint density at radius 2 is 1.48 bits per heavy atom. The SMILES string of the molecule is CC[C@H](C)C(CC(=O)C1CCCCN1C)C(=O)N(C)[C@H](C[C@@H](OC(C)=O)c1nc(C(=O)N(C)[C@@H](Cc2ccc(OS(=O)(=O)O)cc2)C(=O)C[C@H](CCCCN)C(=O)N[C@@H](Cc2ccccc2)C(=O)N2CCN(C(=O)CCCN3C(=O)C=CC3=O)CC2)cs1)C(C)C. The van der Waals surface area contributed by atoms with Gasteiger partial charge in [-0.3, -0.25) is 62.3 Å². The summed E-state index contributed by atoms with van der Waals surface area (Å²) in [5.41, 5.74) is 7.00. The average Bonchev–Trinajstić information content (AvgIpc) is 1.95. The molecule has 0 bridgehead atoms. The van der Waals surface area contributed by atoms with E-state index >= 15 is 4.79 Å². The number of benzene rings is 2. The second kappa shape index (κ2) is 34.4. The lowest BCUT2D eigenvalue weighted by Gasteiger charge is -2.37. The van der Waals surface area contributed by atoms with Crippen LogP contribution in [-0.4, -0.2) is 197 Å². The van der Waals surface area contributed by atoms with E-state index in [1.807, 2.05) is 52.9 Å². The van der Waals surface area contributed by atoms with E-state index in [9.17, 15) is 56.1 Å². The number of piperidine rings is 1. The molecule has 7 amide bonds. The van der Waals surface area contributed by atoms with E-state index < -0.39 is 94.2 Å². The van der Waals surface area contributed by atoms with Gasteiger partial charge in [0.05, 0.1) is 12.1 Å². The minimum absolute atomic E-state index is 0.0385. The topological polar surface area (TPSA) is 314 Å². The maximum atomic E-state index is 15.1. The van der Waals surface area contributed by atoms with Gasteiger partial charge in [-0.1, -0.05) is 89.4 Å². The summed E-state index contributed by atoms with van der Waals surface area (Å²) in [5, 5.41) is 4.70. The summed E-state index contributed by atoms with van der Waals surface area (Å²) in [7, 11) is 0.164. The molecule has 3 aromatic rings. The van der Waals surface area contributed by atoms with Gasteiger partial charge in [-0.25, -0.2) is 4.98 Å². The van der Waals surface area contributed by atoms with Gasteiger partial charge in [-0.05, 0) is 93.8 Å². The number of likely N-dealkylation sites (tertiary alicyclic amines) is 1. The van der Waals surface area contributed by atoms with E-state index in [0.29, 0.717) is 31.4 Å². The summed E-state index contributed by atoms with van der Waals surface area (Å²) in [4.78, 5) is 152. The average molecular weight is 1300 g/mol. The molecule has 2 unspecified atom stereocenters. The molecule has 2 aromatic carbocycles. The number of thiazole rings is 1. The molecule has 26 heteroatoms. The molecule has 0 spiro atoms. The van der Waals surface area contributed by atoms with Crippen LogP contribution in [0.15, 0.2) is 72.1 Å². The number of likely N-dealkylation sites (N-methyl/N-ethyl adjacent to an activating group) is 2. The molecule has 8 atom stereocenters. The number of esters is 1. The van der Waals surface area contributed by atoms with E-state index in [4.69, 9.17) is 15.5 Å². The zero-order chi connectivity index (χ0) is 66.7. The van der Waals surface area contributed by atoms with Crippen molar-refractivity contribution in [3.8, 4) is 5.75 Å². The highest BCUT2D eigenvalue weighted by molar-refractivity contribution is 7.81. The Morgan fingerprint density at radius 3 is 2.09 bits per heavy atom. The summed E-state index contributed by atoms with van der Waals surface area (Å²) >= 11 is 1.05. The number of carbonyl (C=O) groups is 10. The van der Waals surface area contributed by atoms with Gasteiger partial charge in [0.1, 0.15) is 22.5 Å². The number of nitrogens with one attached hydrogen (secondary N) is 1. The van der Waals surface area contributed by atoms with Gasteiger partial charge in [0.15, 0.2) is 17.7 Å². The number of ether oxygens (including phenoxy) is 1. The number of nitrogens with two attached hydrogens (primary N) is 1. The van der Waals surface area contributed by atoms with Crippen LogP contribution in [-0.2, 0) is 71.1 Å². The first-order valence-electron chi connectivity index (χ1n) is 31.5. The first kappa shape index (κ1) is 72.8. The van der Waals surface area contributed by atoms with Crippen LogP contribution in [0.5, 0.6) is 5.75 Å². The molecule has 91 heavy (non-hydrogen) atoms. The van der Waals surface area contributed by atoms with Crippen molar-refractivity contribution in [3.05, 3.63) is 94.0 Å². The third kappa shape index (κ3) is 21.1. The van der Waals surface area contributed by atoms with Crippen molar-refractivity contribution in [3.63, 3.8) is 0 Å². The number of rotatable bonds is 34. The molecule has 0 aliphatic carbocycles. The van der Waals surface area contributed by atoms with Crippen molar-refractivity contribution < 1.29 is 69.8 Å². The lowest BCUT2D eigenvalue weighted by Crippen LogP contribution is -2.57. The van der Waals surface area contributed by atoms with Gasteiger partial charge < -0.3 is 39.6 Å². The van der Waals surface area contributed by atoms with Crippen molar-refractivity contribution in [2.75, 3.05) is 67.0 Å². The Bertz CT molecular complexity index is 3150. The predicted octanol–water partition coefficient (Wildman–Crippen LogP) is 5.40. The summed E-state index contributed by atoms with van der Waals surface area (Å²) in [6.45, 7) is 11.0. The van der Waals surface area contributed by atoms with Gasteiger partial charge in [0, 0.05) is 121 Å². The highest BCUT2D eigenvalue weighted by Gasteiger charge is 2.40. The minimum atomic E-state index is -4.89. The van der Waals surface area contributed by atoms with Crippen LogP contribution in [0.4, 0.5) is 0 Å². The second-order valence-corrected chi connectivity index (χ2v) is 26.4. The quantitative estimate of drug-likeness (QED) is 0.0292. The first-order valence-corrected chi connectivity index (χ1v) is 33.8. The molecule has 24 nitrogen and oxygen atoms in total. The van der Waals surface area contributed by atoms with Crippen molar-refractivity contribution in [2.45, 2.75) is 155 Å². The van der Waals surface area contributed by atoms with Gasteiger partial charge in [0.25, 0.3) is 17.7 Å². The third-order valence-electron chi connectivity index (χ3n) is 17.7. The van der Waals surface area contributed by atoms with Crippen molar-refractivity contribution >= 4 is 80.6 Å². The molecular formula is C65H91N9O15S2. The van der Waals surface area contributed by atoms with Crippen LogP contribution in [0.1, 0.15) is 144 Å². The van der Waals surface area contributed by atoms with Gasteiger partial charge >= 0.3 is 16.4 Å². The van der Waals surface area contributed by atoms with E-state index in [-0.39, 0.29) is 130 Å². The molecule has 498 valence electrons. The van der Waals surface area contributed by atoms with Crippen LogP contribution >= 0.6 is 11.3 Å². The maximum Gasteiger partial charge on any atom is 0.446 e. The summed E-state index contributed by atoms with van der Waals surface area (Å²) in [6.07, 6.45) is 5.88. The molecule has 1 aromatic heterocycles. The van der Waals surface area contributed by atoms with Crippen LogP contribution in [0.2, 0.25) is 0 Å². The number of aromatic nitrogens is 1. The Morgan fingerprint density at radius 1 is 0.835 bits per heavy atom. The fourth-order valence-electron chi connectivity index (χ4n) is 12.1. The van der Waals surface area contributed by atoms with Crippen LogP contribution < -0.4 is 15.2 Å². The Hall–Kier alpha value is -7.26. The molecule has 2 saturated heterocycles. The molecule has 4 N–H and O–H groups in total. The van der Waals surface area contributed by atoms with Gasteiger partial charge in [-0.2, -0.15) is 8.42 Å². The fraction of sp³-hybridized carbons (Fsp3) is 0.585. The van der Waals surface area contributed by atoms with E-state index in [1.165, 1.54) is 60.7 Å². The van der Waals surface area contributed by atoms with Gasteiger partial charge in [-0.15, -0.1) is 11.3 Å². The van der Waals surface area contributed by atoms with E-state index in [2.05, 4.69) is 14.4 Å². The molecule has 6 rings (SSSR count).